The lowest BCUT2D eigenvalue weighted by molar-refractivity contribution is 0.242. The Labute approximate surface area is 61.5 Å². The molecule has 1 fully saturated rings. The Hall–Kier alpha value is -0.340. The summed E-state index contributed by atoms with van der Waals surface area (Å²) in [6.07, 6.45) is 6.70. The van der Waals surface area contributed by atoms with Crippen molar-refractivity contribution in [2.75, 3.05) is 6.61 Å². The van der Waals surface area contributed by atoms with E-state index < -0.39 is 0 Å². The first-order valence-corrected chi connectivity index (χ1v) is 3.79. The highest BCUT2D eigenvalue weighted by atomic mass is 16.6. The molecule has 0 aromatic carbocycles. The van der Waals surface area contributed by atoms with Crippen molar-refractivity contribution in [1.29, 1.82) is 0 Å². The molecule has 10 heavy (non-hydrogen) atoms. The summed E-state index contributed by atoms with van der Waals surface area (Å²) in [7, 11) is 0. The second-order valence-electron chi connectivity index (χ2n) is 2.51. The van der Waals surface area contributed by atoms with Crippen molar-refractivity contribution in [2.24, 2.45) is 0 Å². The highest BCUT2D eigenvalue weighted by molar-refractivity contribution is 4.92. The summed E-state index contributed by atoms with van der Waals surface area (Å²) >= 11 is 0. The smallest absolute Gasteiger partial charge is 0.107 e. The average Bonchev–Trinajstić information content (AvgIpc) is 2.68. The van der Waals surface area contributed by atoms with E-state index in [0.717, 1.165) is 12.8 Å². The van der Waals surface area contributed by atoms with Gasteiger partial charge in [-0.3, -0.25) is 0 Å². The fourth-order valence-electron chi connectivity index (χ4n) is 0.944. The van der Waals surface area contributed by atoms with Crippen LogP contribution in [0.5, 0.6) is 0 Å². The molecule has 0 bridgehead atoms. The third-order valence-electron chi connectivity index (χ3n) is 1.64. The van der Waals surface area contributed by atoms with Crippen LogP contribution in [-0.4, -0.2) is 23.9 Å². The van der Waals surface area contributed by atoms with Crippen LogP contribution in [-0.2, 0) is 4.74 Å². The number of ether oxygens (including phenoxy) is 1. The van der Waals surface area contributed by atoms with E-state index in [1.54, 1.807) is 0 Å². The van der Waals surface area contributed by atoms with Gasteiger partial charge in [0.2, 0.25) is 0 Å². The highest BCUT2D eigenvalue weighted by Gasteiger charge is 2.36. The molecule has 0 saturated carbocycles. The Morgan fingerprint density at radius 2 is 2.20 bits per heavy atom. The van der Waals surface area contributed by atoms with E-state index in [-0.39, 0.29) is 12.7 Å². The average molecular weight is 142 g/mol. The van der Waals surface area contributed by atoms with E-state index in [9.17, 15) is 0 Å². The van der Waals surface area contributed by atoms with Gasteiger partial charge in [0, 0.05) is 0 Å². The third kappa shape index (κ3) is 2.12. The normalized spacial score (nSPS) is 31.4. The molecule has 0 aliphatic carbocycles. The zero-order valence-electron chi connectivity index (χ0n) is 6.29. The zero-order chi connectivity index (χ0) is 7.40. The van der Waals surface area contributed by atoms with Gasteiger partial charge >= 0.3 is 0 Å². The van der Waals surface area contributed by atoms with E-state index in [4.69, 9.17) is 9.84 Å². The van der Waals surface area contributed by atoms with Crippen molar-refractivity contribution in [1.82, 2.24) is 0 Å². The summed E-state index contributed by atoms with van der Waals surface area (Å²) in [5, 5.41) is 8.58. The van der Waals surface area contributed by atoms with Gasteiger partial charge in [-0.25, -0.2) is 0 Å². The van der Waals surface area contributed by atoms with Crippen LogP contribution in [0.2, 0.25) is 0 Å². The molecule has 0 amide bonds. The standard InChI is InChI=1S/C8H14O2/c1-2-3-4-5-7-8(6-9)10-7/h3-4,7-9H,2,5-6H2,1H3/b4-3-/t7-,8+/m1/s1. The molecule has 1 N–H and O–H groups in total. The van der Waals surface area contributed by atoms with Gasteiger partial charge in [0.25, 0.3) is 0 Å². The van der Waals surface area contributed by atoms with Crippen LogP contribution in [0.15, 0.2) is 12.2 Å². The Kier molecular flexibility index (Phi) is 2.90. The molecule has 1 saturated heterocycles. The zero-order valence-corrected chi connectivity index (χ0v) is 6.29. The fourth-order valence-corrected chi connectivity index (χ4v) is 0.944. The Morgan fingerprint density at radius 1 is 1.40 bits per heavy atom. The van der Waals surface area contributed by atoms with Crippen LogP contribution in [0.25, 0.3) is 0 Å². The minimum absolute atomic E-state index is 0.126. The maximum absolute atomic E-state index is 8.58. The number of allylic oxidation sites excluding steroid dienone is 1. The molecule has 1 aliphatic rings. The summed E-state index contributed by atoms with van der Waals surface area (Å²) in [4.78, 5) is 0. The second-order valence-corrected chi connectivity index (χ2v) is 2.51. The van der Waals surface area contributed by atoms with E-state index in [1.165, 1.54) is 0 Å². The molecule has 0 radical (unpaired) electrons. The van der Waals surface area contributed by atoms with Gasteiger partial charge < -0.3 is 9.84 Å². The van der Waals surface area contributed by atoms with Crippen molar-refractivity contribution in [2.45, 2.75) is 32.0 Å². The van der Waals surface area contributed by atoms with Crippen LogP contribution in [0, 0.1) is 0 Å². The minimum Gasteiger partial charge on any atom is -0.394 e. The van der Waals surface area contributed by atoms with E-state index in [1.807, 2.05) is 0 Å². The van der Waals surface area contributed by atoms with Crippen molar-refractivity contribution in [3.8, 4) is 0 Å². The number of aliphatic hydroxyl groups is 1. The molecular weight excluding hydrogens is 128 g/mol. The molecular formula is C8H14O2. The molecule has 1 rings (SSSR count). The van der Waals surface area contributed by atoms with Crippen molar-refractivity contribution >= 4 is 0 Å². The number of epoxide rings is 1. The molecule has 1 aliphatic heterocycles. The maximum atomic E-state index is 8.58. The van der Waals surface area contributed by atoms with Gasteiger partial charge in [0.05, 0.1) is 12.7 Å². The summed E-state index contributed by atoms with van der Waals surface area (Å²) in [6, 6.07) is 0. The molecule has 58 valence electrons. The summed E-state index contributed by atoms with van der Waals surface area (Å²) in [5.74, 6) is 0. The summed E-state index contributed by atoms with van der Waals surface area (Å²) in [5.41, 5.74) is 0. The lowest BCUT2D eigenvalue weighted by atomic mass is 10.2. The summed E-state index contributed by atoms with van der Waals surface area (Å²) in [6.45, 7) is 2.28. The molecule has 1 heterocycles. The van der Waals surface area contributed by atoms with E-state index in [0.29, 0.717) is 6.10 Å². The first kappa shape index (κ1) is 7.76. The number of hydrogen-bond acceptors (Lipinski definition) is 2. The van der Waals surface area contributed by atoms with Gasteiger partial charge in [-0.2, -0.15) is 0 Å². The monoisotopic (exact) mass is 142 g/mol. The van der Waals surface area contributed by atoms with Gasteiger partial charge in [-0.1, -0.05) is 19.1 Å². The predicted molar refractivity (Wildman–Crippen MR) is 39.8 cm³/mol. The molecule has 2 heteroatoms. The number of hydrogen-bond donors (Lipinski definition) is 1. The van der Waals surface area contributed by atoms with Gasteiger partial charge in [-0.05, 0) is 12.8 Å². The first-order chi connectivity index (χ1) is 4.88. The molecule has 0 unspecified atom stereocenters. The van der Waals surface area contributed by atoms with Crippen LogP contribution >= 0.6 is 0 Å². The van der Waals surface area contributed by atoms with E-state index in [2.05, 4.69) is 19.1 Å². The largest absolute Gasteiger partial charge is 0.394 e. The summed E-state index contributed by atoms with van der Waals surface area (Å²) < 4.78 is 5.11. The predicted octanol–water partition coefficient (Wildman–Crippen LogP) is 1.10. The minimum atomic E-state index is 0.126. The van der Waals surface area contributed by atoms with E-state index >= 15 is 0 Å². The molecule has 2 atom stereocenters. The van der Waals surface area contributed by atoms with Gasteiger partial charge in [0.1, 0.15) is 6.10 Å². The van der Waals surface area contributed by atoms with Crippen molar-refractivity contribution in [3.63, 3.8) is 0 Å². The van der Waals surface area contributed by atoms with Crippen LogP contribution in [0.4, 0.5) is 0 Å². The molecule has 0 aromatic heterocycles. The number of aliphatic hydroxyl groups excluding tert-OH is 1. The van der Waals surface area contributed by atoms with Gasteiger partial charge in [0.15, 0.2) is 0 Å². The quantitative estimate of drug-likeness (QED) is 0.471. The Morgan fingerprint density at radius 3 is 2.70 bits per heavy atom. The lowest BCUT2D eigenvalue weighted by Crippen LogP contribution is -1.97. The molecule has 0 aromatic rings. The lowest BCUT2D eigenvalue weighted by Gasteiger charge is -1.83. The third-order valence-corrected chi connectivity index (χ3v) is 1.64. The topological polar surface area (TPSA) is 32.8 Å². The maximum Gasteiger partial charge on any atom is 0.107 e. The van der Waals surface area contributed by atoms with Crippen molar-refractivity contribution in [3.05, 3.63) is 12.2 Å². The van der Waals surface area contributed by atoms with Gasteiger partial charge in [-0.15, -0.1) is 0 Å². The van der Waals surface area contributed by atoms with Crippen LogP contribution in [0.1, 0.15) is 19.8 Å². The molecule has 0 spiro atoms. The second kappa shape index (κ2) is 3.74. The van der Waals surface area contributed by atoms with Crippen LogP contribution < -0.4 is 0 Å². The Balaban J connectivity index is 2.01. The van der Waals surface area contributed by atoms with Crippen molar-refractivity contribution < 1.29 is 9.84 Å². The Bertz CT molecular complexity index is 120. The SMILES string of the molecule is CC/C=C\C[C@H]1O[C@H]1CO. The highest BCUT2D eigenvalue weighted by Crippen LogP contribution is 2.24. The van der Waals surface area contributed by atoms with Crippen LogP contribution in [0.3, 0.4) is 0 Å². The molecule has 2 nitrogen and oxygen atoms in total. The first-order valence-electron chi connectivity index (χ1n) is 3.79. The number of rotatable bonds is 4. The fraction of sp³-hybridized carbons (Fsp3) is 0.750.